The molecule has 1 atom stereocenters. The Labute approximate surface area is 141 Å². The van der Waals surface area contributed by atoms with Crippen molar-refractivity contribution in [3.63, 3.8) is 0 Å². The molecule has 2 aromatic rings. The summed E-state index contributed by atoms with van der Waals surface area (Å²) < 4.78 is 4.96. The van der Waals surface area contributed by atoms with Gasteiger partial charge in [-0.2, -0.15) is 0 Å². The van der Waals surface area contributed by atoms with Crippen LogP contribution in [0.15, 0.2) is 34.9 Å². The zero-order valence-corrected chi connectivity index (χ0v) is 13.9. The molecule has 1 aromatic carbocycles. The fourth-order valence-corrected chi connectivity index (χ4v) is 3.37. The molecule has 0 fully saturated rings. The highest BCUT2D eigenvalue weighted by atomic mass is 16.5. The highest BCUT2D eigenvalue weighted by Gasteiger charge is 2.27. The monoisotopic (exact) mass is 329 g/mol. The summed E-state index contributed by atoms with van der Waals surface area (Å²) in [6, 6.07) is 10.2. The summed E-state index contributed by atoms with van der Waals surface area (Å²) in [4.78, 5) is 14.4. The molecule has 0 saturated heterocycles. The van der Waals surface area contributed by atoms with E-state index >= 15 is 0 Å². The number of nitrogens with one attached hydrogen (secondary N) is 1. The van der Waals surface area contributed by atoms with E-state index in [1.807, 2.05) is 11.0 Å². The average Bonchev–Trinajstić information content (AvgIpc) is 2.98. The van der Waals surface area contributed by atoms with Crippen LogP contribution in [0.5, 0.6) is 0 Å². The third-order valence-electron chi connectivity index (χ3n) is 4.41. The zero-order chi connectivity index (χ0) is 16.9. The van der Waals surface area contributed by atoms with Gasteiger partial charge < -0.3 is 14.9 Å². The largest absolute Gasteiger partial charge is 0.395 e. The highest BCUT2D eigenvalue weighted by molar-refractivity contribution is 5.91. The molecule has 1 aliphatic rings. The SMILES string of the molecule is Cc1cc(NC(=O)CN(CCO)C2CCCc3ccccc32)no1. The molecule has 2 N–H and O–H groups in total. The first-order valence-corrected chi connectivity index (χ1v) is 8.33. The average molecular weight is 329 g/mol. The summed E-state index contributed by atoms with van der Waals surface area (Å²) >= 11 is 0. The summed E-state index contributed by atoms with van der Waals surface area (Å²) in [5, 5.41) is 16.0. The van der Waals surface area contributed by atoms with Gasteiger partial charge in [0.2, 0.25) is 5.91 Å². The first-order valence-electron chi connectivity index (χ1n) is 8.33. The van der Waals surface area contributed by atoms with Crippen molar-refractivity contribution in [2.24, 2.45) is 0 Å². The van der Waals surface area contributed by atoms with Gasteiger partial charge in [0.25, 0.3) is 0 Å². The Hall–Kier alpha value is -2.18. The van der Waals surface area contributed by atoms with Crippen LogP contribution in [0.25, 0.3) is 0 Å². The van der Waals surface area contributed by atoms with Crippen LogP contribution in [0.1, 0.15) is 35.8 Å². The Morgan fingerprint density at radius 1 is 1.46 bits per heavy atom. The van der Waals surface area contributed by atoms with Gasteiger partial charge in [0, 0.05) is 18.7 Å². The highest BCUT2D eigenvalue weighted by Crippen LogP contribution is 2.33. The predicted molar refractivity (Wildman–Crippen MR) is 90.6 cm³/mol. The minimum atomic E-state index is -0.153. The number of benzene rings is 1. The Morgan fingerprint density at radius 3 is 3.04 bits per heavy atom. The molecular formula is C18H23N3O3. The molecule has 1 aromatic heterocycles. The van der Waals surface area contributed by atoms with Gasteiger partial charge in [0.05, 0.1) is 13.2 Å². The third-order valence-corrected chi connectivity index (χ3v) is 4.41. The number of fused-ring (bicyclic) bond motifs is 1. The van der Waals surface area contributed by atoms with Crippen molar-refractivity contribution < 1.29 is 14.4 Å². The summed E-state index contributed by atoms with van der Waals surface area (Å²) in [6.45, 7) is 2.48. The number of hydrogen-bond acceptors (Lipinski definition) is 5. The lowest BCUT2D eigenvalue weighted by Gasteiger charge is -2.35. The second-order valence-corrected chi connectivity index (χ2v) is 6.17. The molecule has 0 saturated carbocycles. The lowest BCUT2D eigenvalue weighted by molar-refractivity contribution is -0.118. The van der Waals surface area contributed by atoms with Gasteiger partial charge in [0.15, 0.2) is 5.82 Å². The molecule has 1 amide bonds. The summed E-state index contributed by atoms with van der Waals surface area (Å²) in [6.07, 6.45) is 3.16. The molecule has 6 nitrogen and oxygen atoms in total. The number of aromatic nitrogens is 1. The van der Waals surface area contributed by atoms with E-state index in [-0.39, 0.29) is 25.1 Å². The maximum Gasteiger partial charge on any atom is 0.239 e. The van der Waals surface area contributed by atoms with Crippen molar-refractivity contribution in [2.75, 3.05) is 25.0 Å². The van der Waals surface area contributed by atoms with Gasteiger partial charge in [-0.1, -0.05) is 29.4 Å². The van der Waals surface area contributed by atoms with Crippen molar-refractivity contribution in [3.05, 3.63) is 47.2 Å². The minimum absolute atomic E-state index is 0.0228. The van der Waals surface area contributed by atoms with Gasteiger partial charge in [-0.3, -0.25) is 9.69 Å². The van der Waals surface area contributed by atoms with Gasteiger partial charge in [-0.25, -0.2) is 0 Å². The zero-order valence-electron chi connectivity index (χ0n) is 13.9. The van der Waals surface area contributed by atoms with Crippen molar-refractivity contribution in [2.45, 2.75) is 32.2 Å². The smallest absolute Gasteiger partial charge is 0.239 e. The molecule has 0 radical (unpaired) electrons. The number of anilines is 1. The van der Waals surface area contributed by atoms with Crippen molar-refractivity contribution >= 4 is 11.7 Å². The van der Waals surface area contributed by atoms with E-state index in [2.05, 4.69) is 28.7 Å². The van der Waals surface area contributed by atoms with Gasteiger partial charge in [-0.05, 0) is 37.3 Å². The molecule has 1 heterocycles. The molecular weight excluding hydrogens is 306 g/mol. The van der Waals surface area contributed by atoms with E-state index in [1.54, 1.807) is 13.0 Å². The molecule has 1 unspecified atom stereocenters. The van der Waals surface area contributed by atoms with Crippen LogP contribution in [-0.2, 0) is 11.2 Å². The van der Waals surface area contributed by atoms with E-state index in [0.717, 1.165) is 19.3 Å². The van der Waals surface area contributed by atoms with Crippen LogP contribution in [0.2, 0.25) is 0 Å². The third kappa shape index (κ3) is 3.83. The Morgan fingerprint density at radius 2 is 2.29 bits per heavy atom. The maximum atomic E-state index is 12.3. The Kier molecular flexibility index (Phi) is 5.27. The number of aryl methyl sites for hydroxylation is 2. The second-order valence-electron chi connectivity index (χ2n) is 6.17. The summed E-state index contributed by atoms with van der Waals surface area (Å²) in [5.41, 5.74) is 2.60. The second kappa shape index (κ2) is 7.59. The molecule has 0 spiro atoms. The predicted octanol–water partition coefficient (Wildman–Crippen LogP) is 2.29. The Balaban J connectivity index is 1.72. The quantitative estimate of drug-likeness (QED) is 0.850. The number of carbonyl (C=O) groups excluding carboxylic acids is 1. The standard InChI is InChI=1S/C18H23N3O3/c1-13-11-17(20-24-13)19-18(23)12-21(9-10-22)16-8-4-6-14-5-2-3-7-15(14)16/h2-3,5,7,11,16,22H,4,6,8-10,12H2,1H3,(H,19,20,23). The van der Waals surface area contributed by atoms with Crippen LogP contribution in [0.3, 0.4) is 0 Å². The fraction of sp³-hybridized carbons (Fsp3) is 0.444. The Bertz CT molecular complexity index is 698. The molecule has 3 rings (SSSR count). The normalized spacial score (nSPS) is 16.9. The van der Waals surface area contributed by atoms with Crippen molar-refractivity contribution in [1.29, 1.82) is 0 Å². The minimum Gasteiger partial charge on any atom is -0.395 e. The van der Waals surface area contributed by atoms with Gasteiger partial charge in [0.1, 0.15) is 5.76 Å². The number of nitrogens with zero attached hydrogens (tertiary/aromatic N) is 2. The maximum absolute atomic E-state index is 12.3. The van der Waals surface area contributed by atoms with Gasteiger partial charge >= 0.3 is 0 Å². The number of aliphatic hydroxyl groups is 1. The number of aliphatic hydroxyl groups excluding tert-OH is 1. The van der Waals surface area contributed by atoms with Crippen LogP contribution < -0.4 is 5.32 Å². The summed E-state index contributed by atoms with van der Waals surface area (Å²) in [7, 11) is 0. The summed E-state index contributed by atoms with van der Waals surface area (Å²) in [5.74, 6) is 0.920. The molecule has 0 aliphatic heterocycles. The van der Waals surface area contributed by atoms with Crippen LogP contribution in [-0.4, -0.2) is 40.8 Å². The van der Waals surface area contributed by atoms with Crippen molar-refractivity contribution in [1.82, 2.24) is 10.1 Å². The van der Waals surface area contributed by atoms with Crippen molar-refractivity contribution in [3.8, 4) is 0 Å². The van der Waals surface area contributed by atoms with Gasteiger partial charge in [-0.15, -0.1) is 0 Å². The number of carbonyl (C=O) groups is 1. The van der Waals surface area contributed by atoms with E-state index < -0.39 is 0 Å². The van der Waals surface area contributed by atoms with E-state index in [4.69, 9.17) is 4.52 Å². The van der Waals surface area contributed by atoms with E-state index in [9.17, 15) is 9.90 Å². The number of rotatable bonds is 6. The molecule has 24 heavy (non-hydrogen) atoms. The number of hydrogen-bond donors (Lipinski definition) is 2. The van der Waals surface area contributed by atoms with Crippen LogP contribution >= 0.6 is 0 Å². The van der Waals surface area contributed by atoms with E-state index in [1.165, 1.54) is 11.1 Å². The first-order chi connectivity index (χ1) is 11.7. The van der Waals surface area contributed by atoms with Crippen LogP contribution in [0, 0.1) is 6.92 Å². The van der Waals surface area contributed by atoms with Crippen LogP contribution in [0.4, 0.5) is 5.82 Å². The first kappa shape index (κ1) is 16.7. The topological polar surface area (TPSA) is 78.6 Å². The molecule has 0 bridgehead atoms. The molecule has 128 valence electrons. The fourth-order valence-electron chi connectivity index (χ4n) is 3.37. The lowest BCUT2D eigenvalue weighted by Crippen LogP contribution is -2.39. The van der Waals surface area contributed by atoms with E-state index in [0.29, 0.717) is 18.1 Å². The molecule has 6 heteroatoms. The lowest BCUT2D eigenvalue weighted by atomic mass is 9.87. The number of amides is 1. The molecule has 1 aliphatic carbocycles.